The highest BCUT2D eigenvalue weighted by Crippen LogP contribution is 2.37. The van der Waals surface area contributed by atoms with E-state index in [0.717, 1.165) is 37.1 Å². The lowest BCUT2D eigenvalue weighted by molar-refractivity contribution is -0.938. The van der Waals surface area contributed by atoms with Crippen LogP contribution in [0.25, 0.3) is 0 Å². The molecule has 8 heteroatoms. The lowest BCUT2D eigenvalue weighted by Crippen LogP contribution is -2.65. The van der Waals surface area contributed by atoms with E-state index in [1.165, 1.54) is 6.92 Å². The van der Waals surface area contributed by atoms with Crippen molar-refractivity contribution in [1.29, 1.82) is 0 Å². The van der Waals surface area contributed by atoms with Crippen LogP contribution >= 0.6 is 0 Å². The van der Waals surface area contributed by atoms with Crippen molar-refractivity contribution in [2.75, 3.05) is 31.5 Å². The van der Waals surface area contributed by atoms with Gasteiger partial charge in [-0.3, -0.25) is 9.59 Å². The van der Waals surface area contributed by atoms with Crippen LogP contribution in [0, 0.1) is 5.92 Å². The highest BCUT2D eigenvalue weighted by Gasteiger charge is 2.49. The molecule has 0 saturated carbocycles. The summed E-state index contributed by atoms with van der Waals surface area (Å²) >= 11 is 0. The van der Waals surface area contributed by atoms with Gasteiger partial charge in [-0.1, -0.05) is 72.8 Å². The molecule has 3 heterocycles. The summed E-state index contributed by atoms with van der Waals surface area (Å²) in [6.45, 7) is 4.00. The van der Waals surface area contributed by atoms with Gasteiger partial charge in [-0.15, -0.1) is 0 Å². The molecule has 0 aromatic heterocycles. The van der Waals surface area contributed by atoms with Crippen LogP contribution in [-0.2, 0) is 14.3 Å². The standard InChI is InChI=1S/C31H33N2O4.CH2O2/c1-22(34)26-13-8-14-27(19-26)32-30(25-11-6-3-7-12-25)31(36)37-29-21-33(17-15-24(29)16-18-33)20-28(35)23-9-4-2-5-10-23;2-1-3/h2-14,19,24,29-30,32H,15-18,20-21H2,1H3;1H,(H,2,3)/q+1;/p-1/t24?,29-,30?,33?;/m0./s1. The molecule has 3 fully saturated rings. The van der Waals surface area contributed by atoms with Gasteiger partial charge in [0.25, 0.3) is 0 Å². The molecular formula is C32H34N2O6. The second-order valence-electron chi connectivity index (χ2n) is 10.5. The Kier molecular flexibility index (Phi) is 9.45. The first-order valence-corrected chi connectivity index (χ1v) is 13.5. The number of esters is 1. The molecule has 6 rings (SSSR count). The van der Waals surface area contributed by atoms with E-state index in [4.69, 9.17) is 14.6 Å². The number of hydrogen-bond acceptors (Lipinski definition) is 7. The second-order valence-corrected chi connectivity index (χ2v) is 10.5. The number of quaternary nitrogens is 1. The van der Waals surface area contributed by atoms with E-state index in [2.05, 4.69) is 5.32 Å². The van der Waals surface area contributed by atoms with Crippen LogP contribution in [0.1, 0.15) is 52.1 Å². The average Bonchev–Trinajstić information content (AvgIpc) is 2.97. The quantitative estimate of drug-likeness (QED) is 0.191. The van der Waals surface area contributed by atoms with Crippen molar-refractivity contribution < 1.29 is 33.5 Å². The van der Waals surface area contributed by atoms with Crippen LogP contribution in [0.15, 0.2) is 84.9 Å². The first-order chi connectivity index (χ1) is 19.3. The maximum atomic E-state index is 13.6. The minimum Gasteiger partial charge on any atom is -0.554 e. The lowest BCUT2D eigenvalue weighted by Gasteiger charge is -2.51. The number of ketones is 2. The van der Waals surface area contributed by atoms with Gasteiger partial charge in [-0.05, 0) is 24.6 Å². The topological polar surface area (TPSA) is 113 Å². The third-order valence-corrected chi connectivity index (χ3v) is 7.83. The summed E-state index contributed by atoms with van der Waals surface area (Å²) in [7, 11) is 0. The number of ether oxygens (including phenoxy) is 1. The van der Waals surface area contributed by atoms with Crippen molar-refractivity contribution in [3.8, 4) is 0 Å². The molecular weight excluding hydrogens is 508 g/mol. The summed E-state index contributed by atoms with van der Waals surface area (Å²) in [6, 6.07) is 25.4. The van der Waals surface area contributed by atoms with Gasteiger partial charge in [-0.25, -0.2) is 4.79 Å². The second kappa shape index (κ2) is 13.2. The maximum absolute atomic E-state index is 13.6. The van der Waals surface area contributed by atoms with Crippen molar-refractivity contribution in [3.63, 3.8) is 0 Å². The van der Waals surface area contributed by atoms with E-state index in [0.29, 0.717) is 34.7 Å². The highest BCUT2D eigenvalue weighted by molar-refractivity contribution is 5.97. The highest BCUT2D eigenvalue weighted by atomic mass is 16.5. The van der Waals surface area contributed by atoms with E-state index >= 15 is 0 Å². The Bertz CT molecular complexity index is 1320. The van der Waals surface area contributed by atoms with Gasteiger partial charge in [-0.2, -0.15) is 0 Å². The fourth-order valence-corrected chi connectivity index (χ4v) is 5.73. The van der Waals surface area contributed by atoms with Gasteiger partial charge in [0, 0.05) is 42.0 Å². The van der Waals surface area contributed by atoms with E-state index in [1.807, 2.05) is 66.7 Å². The molecule has 0 radical (unpaired) electrons. The first-order valence-electron chi connectivity index (χ1n) is 13.5. The zero-order valence-corrected chi connectivity index (χ0v) is 22.5. The third-order valence-electron chi connectivity index (χ3n) is 7.83. The van der Waals surface area contributed by atoms with E-state index in [1.54, 1.807) is 18.2 Å². The normalized spacial score (nSPS) is 21.7. The van der Waals surface area contributed by atoms with Crippen molar-refractivity contribution in [2.24, 2.45) is 5.92 Å². The fraction of sp³-hybridized carbons (Fsp3) is 0.312. The summed E-state index contributed by atoms with van der Waals surface area (Å²) in [4.78, 5) is 46.8. The summed E-state index contributed by atoms with van der Waals surface area (Å²) in [5.74, 6) is 0.0769. The van der Waals surface area contributed by atoms with Crippen LogP contribution < -0.4 is 10.4 Å². The number of piperidine rings is 3. The summed E-state index contributed by atoms with van der Waals surface area (Å²) in [5.41, 5.74) is 2.80. The molecule has 8 nitrogen and oxygen atoms in total. The summed E-state index contributed by atoms with van der Waals surface area (Å²) < 4.78 is 6.88. The first kappa shape index (κ1) is 28.7. The number of nitrogens with one attached hydrogen (secondary N) is 1. The Morgan fingerprint density at radius 3 is 2.17 bits per heavy atom. The number of carbonyl (C=O) groups excluding carboxylic acids is 4. The van der Waals surface area contributed by atoms with Gasteiger partial charge >= 0.3 is 5.97 Å². The number of fused-ring (bicyclic) bond motifs is 3. The Balaban J connectivity index is 0.00000118. The largest absolute Gasteiger partial charge is 0.554 e. The minimum atomic E-state index is -0.710. The molecule has 208 valence electrons. The van der Waals surface area contributed by atoms with Gasteiger partial charge in [0.05, 0.1) is 13.1 Å². The fourth-order valence-electron chi connectivity index (χ4n) is 5.73. The lowest BCUT2D eigenvalue weighted by atomic mass is 9.82. The molecule has 0 aliphatic carbocycles. The zero-order valence-electron chi connectivity index (χ0n) is 22.5. The van der Waals surface area contributed by atoms with Crippen LogP contribution in [0.2, 0.25) is 0 Å². The molecule has 2 atom stereocenters. The Hall–Kier alpha value is -4.30. The van der Waals surface area contributed by atoms with Gasteiger partial charge in [0.2, 0.25) is 5.78 Å². The summed E-state index contributed by atoms with van der Waals surface area (Å²) in [6.07, 6.45) is 1.67. The molecule has 3 aromatic carbocycles. The Morgan fingerprint density at radius 2 is 1.55 bits per heavy atom. The molecule has 0 amide bonds. The van der Waals surface area contributed by atoms with E-state index < -0.39 is 12.5 Å². The molecule has 40 heavy (non-hydrogen) atoms. The van der Waals surface area contributed by atoms with Crippen LogP contribution in [0.3, 0.4) is 0 Å². The van der Waals surface area contributed by atoms with Crippen LogP contribution in [0.5, 0.6) is 0 Å². The van der Waals surface area contributed by atoms with E-state index in [9.17, 15) is 14.4 Å². The number of nitrogens with zero attached hydrogens (tertiary/aromatic N) is 1. The number of hydrogen-bond donors (Lipinski definition) is 1. The zero-order chi connectivity index (χ0) is 28.5. The monoisotopic (exact) mass is 542 g/mol. The van der Waals surface area contributed by atoms with Crippen molar-refractivity contribution in [2.45, 2.75) is 31.9 Å². The maximum Gasteiger partial charge on any atom is 0.333 e. The van der Waals surface area contributed by atoms with Gasteiger partial charge in [0.1, 0.15) is 13.1 Å². The number of carbonyl (C=O) groups is 4. The number of Topliss-reactive ketones (excluding diaryl/α,β-unsaturated/α-hetero) is 2. The average molecular weight is 543 g/mol. The smallest absolute Gasteiger partial charge is 0.333 e. The molecule has 3 aromatic rings. The van der Waals surface area contributed by atoms with Gasteiger partial charge < -0.3 is 24.4 Å². The molecule has 3 saturated heterocycles. The predicted molar refractivity (Wildman–Crippen MR) is 148 cm³/mol. The predicted octanol–water partition coefficient (Wildman–Crippen LogP) is 3.44. The number of rotatable bonds is 9. The molecule has 3 aliphatic rings. The Labute approximate surface area is 234 Å². The molecule has 0 spiro atoms. The van der Waals surface area contributed by atoms with Crippen LogP contribution in [0.4, 0.5) is 5.69 Å². The molecule has 2 bridgehead atoms. The van der Waals surface area contributed by atoms with Crippen LogP contribution in [-0.4, -0.2) is 60.8 Å². The number of benzene rings is 3. The van der Waals surface area contributed by atoms with Crippen molar-refractivity contribution >= 4 is 29.7 Å². The number of anilines is 1. The van der Waals surface area contributed by atoms with Gasteiger partial charge in [0.15, 0.2) is 17.9 Å². The van der Waals surface area contributed by atoms with Crippen molar-refractivity contribution in [1.82, 2.24) is 0 Å². The van der Waals surface area contributed by atoms with E-state index in [-0.39, 0.29) is 23.6 Å². The minimum absolute atomic E-state index is 0.0335. The molecule has 3 aliphatic heterocycles. The SMILES string of the molecule is CC(=O)c1cccc(NC(C(=O)O[C@H]2C[N+]3(CC(=O)c4ccccc4)CCC2CC3)c2ccccc2)c1.O=C[O-]. The molecule has 1 N–H and O–H groups in total. The Morgan fingerprint density at radius 1 is 0.950 bits per heavy atom. The third kappa shape index (κ3) is 7.01. The summed E-state index contributed by atoms with van der Waals surface area (Å²) in [5, 5.41) is 11.6. The van der Waals surface area contributed by atoms with Crippen molar-refractivity contribution in [3.05, 3.63) is 102 Å². The molecule has 1 unspecified atom stereocenters. The number of carboxylic acid groups (broad SMARTS) is 1.